The van der Waals surface area contributed by atoms with Gasteiger partial charge in [-0.25, -0.2) is 4.98 Å². The van der Waals surface area contributed by atoms with Gasteiger partial charge in [0.2, 0.25) is 0 Å². The van der Waals surface area contributed by atoms with Gasteiger partial charge in [0.1, 0.15) is 17.3 Å². The van der Waals surface area contributed by atoms with Gasteiger partial charge in [-0.15, -0.1) is 53.6 Å². The van der Waals surface area contributed by atoms with Gasteiger partial charge in [0.05, 0.1) is 0 Å². The minimum absolute atomic E-state index is 0. The first kappa shape index (κ1) is 41.8. The number of nitrogens with zero attached hydrogens (tertiary/aromatic N) is 4. The third-order valence-electron chi connectivity index (χ3n) is 12.9. The second kappa shape index (κ2) is 17.6. The van der Waals surface area contributed by atoms with E-state index < -0.39 is 6.37 Å². The molecule has 2 aromatic heterocycles. The van der Waals surface area contributed by atoms with E-state index in [4.69, 9.17) is 14.5 Å². The molecular weight excluding hydrogens is 1030 g/mol. The molecule has 9 heterocycles. The Morgan fingerprint density at radius 3 is 1.94 bits per heavy atom. The number of rotatable bonds is 3. The first-order chi connectivity index (χ1) is 33.9. The summed E-state index contributed by atoms with van der Waals surface area (Å²) in [5.41, 5.74) is 12.9. The van der Waals surface area contributed by atoms with E-state index >= 15 is 0 Å². The van der Waals surface area contributed by atoms with Gasteiger partial charge in [-0.3, -0.25) is 0 Å². The molecule has 342 valence electrons. The fraction of sp³-hybridized carbons (Fsp3) is 0.129. The van der Waals surface area contributed by atoms with Gasteiger partial charge >= 0.3 is 0 Å². The first-order valence-electron chi connectivity index (χ1n) is 24.2. The molecule has 7 aliphatic rings. The standard InChI is InChI=1S/C62H49N4O2.Pt/c1-40(2)32-44-33-60-63-38-55(44)43-24-28-48(29-25-43)67-47-26-22-42(23-27-47)52-18-13-17-51(41-14-7-6-8-15-41)61(52)65-39-64(57-20-11-12-21-58(57)65)46-34-45(62(3,4)5)35-50(36-46)68-49-30-31-54-53-16-9-10-19-56(53)66(60)59(54)37-49;/h6-31,33-35,38-40H,32H2,1-5H3;/q-3;/i32D2;. The number of aromatic nitrogens is 2. The van der Waals surface area contributed by atoms with E-state index in [1.54, 1.807) is 6.20 Å². The van der Waals surface area contributed by atoms with Crippen molar-refractivity contribution in [3.63, 3.8) is 0 Å². The normalized spacial score (nSPS) is 13.5. The van der Waals surface area contributed by atoms with Gasteiger partial charge in [0.15, 0.2) is 0 Å². The van der Waals surface area contributed by atoms with Gasteiger partial charge in [-0.1, -0.05) is 143 Å². The third-order valence-corrected chi connectivity index (χ3v) is 12.9. The molecule has 0 saturated carbocycles. The number of benzene rings is 8. The van der Waals surface area contributed by atoms with E-state index in [-0.39, 0.29) is 32.4 Å². The molecule has 0 radical (unpaired) electrons. The Labute approximate surface area is 421 Å². The Kier molecular flexibility index (Phi) is 10.6. The van der Waals surface area contributed by atoms with Gasteiger partial charge in [0.25, 0.3) is 0 Å². The molecule has 10 aromatic rings. The van der Waals surface area contributed by atoms with E-state index in [1.165, 1.54) is 0 Å². The molecule has 8 aromatic carbocycles. The van der Waals surface area contributed by atoms with E-state index in [9.17, 15) is 2.74 Å². The van der Waals surface area contributed by atoms with Gasteiger partial charge in [0, 0.05) is 80.8 Å². The molecule has 0 N–H and O–H groups in total. The fourth-order valence-corrected chi connectivity index (χ4v) is 9.57. The van der Waals surface area contributed by atoms with Crippen LogP contribution < -0.4 is 19.3 Å². The molecule has 0 saturated heterocycles. The van der Waals surface area contributed by atoms with Crippen molar-refractivity contribution < 1.29 is 33.3 Å². The third kappa shape index (κ3) is 8.07. The Morgan fingerprint density at radius 2 is 1.25 bits per heavy atom. The Bertz CT molecular complexity index is 3640. The van der Waals surface area contributed by atoms with Crippen molar-refractivity contribution in [1.29, 1.82) is 0 Å². The molecule has 7 heteroatoms. The van der Waals surface area contributed by atoms with Gasteiger partial charge < -0.3 is 23.8 Å². The van der Waals surface area contributed by atoms with Gasteiger partial charge in [-0.05, 0) is 93.9 Å². The van der Waals surface area contributed by atoms with Crippen molar-refractivity contribution in [3.05, 3.63) is 212 Å². The van der Waals surface area contributed by atoms with Crippen LogP contribution in [0.25, 0.3) is 61.0 Å². The maximum atomic E-state index is 9.49. The van der Waals surface area contributed by atoms with Crippen LogP contribution >= 0.6 is 0 Å². The van der Waals surface area contributed by atoms with Crippen LogP contribution in [0.15, 0.2) is 182 Å². The predicted molar refractivity (Wildman–Crippen MR) is 278 cm³/mol. The largest absolute Gasteiger partial charge is 0.509 e. The number of para-hydroxylation sites is 4. The summed E-state index contributed by atoms with van der Waals surface area (Å²) in [6, 6.07) is 67.5. The smallest absolute Gasteiger partial charge is 0.135 e. The Hall–Kier alpha value is -7.40. The average molecular weight is 1080 g/mol. The van der Waals surface area contributed by atoms with Crippen LogP contribution in [0.3, 0.4) is 0 Å². The maximum Gasteiger partial charge on any atom is 0.135 e. The molecule has 69 heavy (non-hydrogen) atoms. The predicted octanol–water partition coefficient (Wildman–Crippen LogP) is 16.6. The molecule has 12 bridgehead atoms. The monoisotopic (exact) mass is 1080 g/mol. The minimum atomic E-state index is -1.69. The van der Waals surface area contributed by atoms with E-state index in [0.29, 0.717) is 39.9 Å². The summed E-state index contributed by atoms with van der Waals surface area (Å²) in [6.07, 6.45) is 0.105. The molecule has 6 nitrogen and oxygen atoms in total. The Morgan fingerprint density at radius 1 is 0.609 bits per heavy atom. The number of fused-ring (bicyclic) bond motifs is 3. The average Bonchev–Trinajstić information content (AvgIpc) is 3.92. The molecule has 0 amide bonds. The van der Waals surface area contributed by atoms with Crippen LogP contribution in [-0.2, 0) is 32.9 Å². The van der Waals surface area contributed by atoms with Crippen molar-refractivity contribution in [2.45, 2.75) is 46.4 Å². The van der Waals surface area contributed by atoms with Crippen LogP contribution in [0.1, 0.15) is 48.5 Å². The zero-order valence-electron chi connectivity index (χ0n) is 40.9. The number of hydrogen-bond acceptors (Lipinski definition) is 5. The summed E-state index contributed by atoms with van der Waals surface area (Å²) in [5, 5.41) is 2.01. The zero-order chi connectivity index (χ0) is 47.9. The van der Waals surface area contributed by atoms with Crippen molar-refractivity contribution in [2.75, 3.05) is 9.80 Å². The van der Waals surface area contributed by atoms with E-state index in [2.05, 4.69) is 169 Å². The summed E-state index contributed by atoms with van der Waals surface area (Å²) in [7, 11) is 0. The van der Waals surface area contributed by atoms with Crippen LogP contribution in [0.4, 0.5) is 22.7 Å². The summed E-state index contributed by atoms with van der Waals surface area (Å²) < 4.78 is 34.4. The summed E-state index contributed by atoms with van der Waals surface area (Å²) in [6.45, 7) is 12.7. The molecule has 0 fully saturated rings. The zero-order valence-corrected chi connectivity index (χ0v) is 41.2. The van der Waals surface area contributed by atoms with Crippen molar-refractivity contribution in [3.8, 4) is 62.2 Å². The van der Waals surface area contributed by atoms with Crippen LogP contribution in [0.5, 0.6) is 23.0 Å². The molecule has 0 atom stereocenters. The minimum Gasteiger partial charge on any atom is -0.509 e. The summed E-state index contributed by atoms with van der Waals surface area (Å²) in [5.74, 6) is 2.70. The topological polar surface area (TPSA) is 42.8 Å². The molecule has 17 rings (SSSR count). The number of hydrogen-bond donors (Lipinski definition) is 0. The van der Waals surface area contributed by atoms with E-state index in [0.717, 1.165) is 77.9 Å². The number of anilines is 4. The molecule has 0 aliphatic carbocycles. The summed E-state index contributed by atoms with van der Waals surface area (Å²) >= 11 is 0. The Balaban J connectivity index is 0.00000547. The molecule has 0 unspecified atom stereocenters. The second-order valence-corrected chi connectivity index (χ2v) is 18.9. The molecule has 0 spiro atoms. The number of pyridine rings is 1. The molecule has 7 aliphatic heterocycles. The van der Waals surface area contributed by atoms with Crippen molar-refractivity contribution in [2.24, 2.45) is 5.92 Å². The second-order valence-electron chi connectivity index (χ2n) is 18.9. The van der Waals surface area contributed by atoms with Crippen molar-refractivity contribution in [1.82, 2.24) is 9.55 Å². The van der Waals surface area contributed by atoms with Gasteiger partial charge in [-0.2, -0.15) is 6.07 Å². The van der Waals surface area contributed by atoms with Crippen molar-refractivity contribution >= 4 is 44.6 Å². The maximum absolute atomic E-state index is 9.49. The number of ether oxygens (including phenoxy) is 2. The fourth-order valence-electron chi connectivity index (χ4n) is 9.57. The van der Waals surface area contributed by atoms with E-state index in [1.807, 2.05) is 74.5 Å². The molecular formula is C62H49N4O2Pt-3. The van der Waals surface area contributed by atoms with Crippen LogP contribution in [-0.4, -0.2) is 9.55 Å². The quantitative estimate of drug-likeness (QED) is 0.165. The van der Waals surface area contributed by atoms with Crippen LogP contribution in [0.2, 0.25) is 0 Å². The first-order valence-corrected chi connectivity index (χ1v) is 23.2. The SMILES string of the molecule is [2H]C([2H])(c1cc2ncc1-c1ccc(cc1)Oc1ccc(cc1)-c1cccc(-c3ccccc3)c1N1[CH-]N(c3[c-]c(cc(C(C)(C)C)c3)Oc3[c-]c4c(cc3)c3ccccc3n4-2)c2ccccc21)C(C)C.[Pt]. The van der Waals surface area contributed by atoms with Crippen LogP contribution in [0, 0.1) is 24.7 Å². The summed E-state index contributed by atoms with van der Waals surface area (Å²) in [4.78, 5) is 9.61.